The number of benzene rings is 1. The maximum Gasteiger partial charge on any atom is 0.208 e. The van der Waals surface area contributed by atoms with E-state index in [1.807, 2.05) is 24.4 Å². The van der Waals surface area contributed by atoms with Gasteiger partial charge in [0.25, 0.3) is 0 Å². The summed E-state index contributed by atoms with van der Waals surface area (Å²) < 4.78 is 0. The Labute approximate surface area is 157 Å². The van der Waals surface area contributed by atoms with Crippen molar-refractivity contribution in [2.75, 3.05) is 18.0 Å². The first kappa shape index (κ1) is 17.4. The van der Waals surface area contributed by atoms with Gasteiger partial charge in [0.1, 0.15) is 5.01 Å². The molecule has 0 saturated carbocycles. The van der Waals surface area contributed by atoms with Crippen LogP contribution in [0.3, 0.4) is 0 Å². The molecule has 3 heterocycles. The van der Waals surface area contributed by atoms with E-state index in [-0.39, 0.29) is 12.0 Å². The number of nitrogens with zero attached hydrogens (tertiary/aromatic N) is 4. The number of β-amino-alcohol motifs (C(OH)–C–C–N with tert-alkyl or cyclic N) is 1. The molecule has 0 bridgehead atoms. The van der Waals surface area contributed by atoms with Crippen molar-refractivity contribution in [3.8, 4) is 0 Å². The number of pyridine rings is 1. The van der Waals surface area contributed by atoms with Crippen LogP contribution in [0.5, 0.6) is 0 Å². The number of para-hydroxylation sites is 1. The van der Waals surface area contributed by atoms with Crippen LogP contribution in [0.25, 0.3) is 10.9 Å². The second-order valence-electron chi connectivity index (χ2n) is 7.50. The fourth-order valence-electron chi connectivity index (χ4n) is 3.63. The standard InChI is InChI=1S/C20H24N4OS/c1-13(2)9-19-22-23-20(26-19)24-11-15(18(25)12-24)10-14-7-8-21-17-6-4-3-5-16(14)17/h3-8,13,15,18,25H,9-12H2,1-2H3/t15-,18-/m1/s1. The summed E-state index contributed by atoms with van der Waals surface area (Å²) in [5.41, 5.74) is 2.26. The zero-order valence-corrected chi connectivity index (χ0v) is 16.0. The van der Waals surface area contributed by atoms with Gasteiger partial charge in [0.05, 0.1) is 11.6 Å². The Morgan fingerprint density at radius 3 is 2.88 bits per heavy atom. The van der Waals surface area contributed by atoms with Crippen molar-refractivity contribution in [2.45, 2.75) is 32.8 Å². The molecule has 136 valence electrons. The van der Waals surface area contributed by atoms with Crippen LogP contribution in [0.1, 0.15) is 24.4 Å². The van der Waals surface area contributed by atoms with Crippen LogP contribution in [0.2, 0.25) is 0 Å². The molecular formula is C20H24N4OS. The largest absolute Gasteiger partial charge is 0.391 e. The van der Waals surface area contributed by atoms with Gasteiger partial charge in [-0.2, -0.15) is 0 Å². The highest BCUT2D eigenvalue weighted by Crippen LogP contribution is 2.30. The Hall–Kier alpha value is -2.05. The number of aromatic nitrogens is 3. The molecule has 1 aliphatic rings. The molecule has 1 aromatic carbocycles. The molecule has 5 nitrogen and oxygen atoms in total. The molecule has 2 aromatic heterocycles. The zero-order chi connectivity index (χ0) is 18.1. The molecule has 6 heteroatoms. The minimum atomic E-state index is -0.348. The summed E-state index contributed by atoms with van der Waals surface area (Å²) in [6.07, 6.45) is 3.32. The summed E-state index contributed by atoms with van der Waals surface area (Å²) in [5.74, 6) is 0.769. The second-order valence-corrected chi connectivity index (χ2v) is 8.54. The highest BCUT2D eigenvalue weighted by Gasteiger charge is 2.33. The van der Waals surface area contributed by atoms with Crippen LogP contribution < -0.4 is 4.90 Å². The predicted octanol–water partition coefficient (Wildman–Crippen LogP) is 3.32. The number of aliphatic hydroxyl groups is 1. The van der Waals surface area contributed by atoms with E-state index in [0.717, 1.165) is 35.0 Å². The van der Waals surface area contributed by atoms with E-state index in [4.69, 9.17) is 0 Å². The summed E-state index contributed by atoms with van der Waals surface area (Å²) in [6.45, 7) is 5.82. The third-order valence-electron chi connectivity index (χ3n) is 4.94. The van der Waals surface area contributed by atoms with Crippen molar-refractivity contribution in [3.05, 3.63) is 47.1 Å². The van der Waals surface area contributed by atoms with Gasteiger partial charge in [-0.05, 0) is 30.0 Å². The molecular weight excluding hydrogens is 344 g/mol. The fraction of sp³-hybridized carbons (Fsp3) is 0.450. The first-order chi connectivity index (χ1) is 12.6. The first-order valence-electron chi connectivity index (χ1n) is 9.18. The molecule has 3 aromatic rings. The number of hydrogen-bond acceptors (Lipinski definition) is 6. The Bertz CT molecular complexity index is 889. The second kappa shape index (κ2) is 7.29. The normalized spacial score (nSPS) is 20.4. The molecule has 1 saturated heterocycles. The fourth-order valence-corrected chi connectivity index (χ4v) is 4.70. The Morgan fingerprint density at radius 1 is 1.19 bits per heavy atom. The van der Waals surface area contributed by atoms with E-state index in [0.29, 0.717) is 12.5 Å². The van der Waals surface area contributed by atoms with E-state index in [9.17, 15) is 5.11 Å². The number of fused-ring (bicyclic) bond motifs is 1. The lowest BCUT2D eigenvalue weighted by Gasteiger charge is -2.15. The van der Waals surface area contributed by atoms with Crippen LogP contribution in [-0.4, -0.2) is 39.5 Å². The number of rotatable bonds is 5. The topological polar surface area (TPSA) is 62.1 Å². The average Bonchev–Trinajstić information content (AvgIpc) is 3.22. The third kappa shape index (κ3) is 3.57. The van der Waals surface area contributed by atoms with E-state index < -0.39 is 0 Å². The number of aliphatic hydroxyl groups excluding tert-OH is 1. The van der Waals surface area contributed by atoms with Crippen molar-refractivity contribution in [1.29, 1.82) is 0 Å². The summed E-state index contributed by atoms with van der Waals surface area (Å²) in [6, 6.07) is 10.3. The molecule has 0 spiro atoms. The minimum absolute atomic E-state index is 0.193. The van der Waals surface area contributed by atoms with Crippen molar-refractivity contribution < 1.29 is 5.11 Å². The molecule has 0 aliphatic carbocycles. The summed E-state index contributed by atoms with van der Waals surface area (Å²) >= 11 is 1.65. The summed E-state index contributed by atoms with van der Waals surface area (Å²) in [4.78, 5) is 6.62. The molecule has 0 unspecified atom stereocenters. The lowest BCUT2D eigenvalue weighted by Crippen LogP contribution is -2.20. The number of hydrogen-bond donors (Lipinski definition) is 1. The monoisotopic (exact) mass is 368 g/mol. The lowest BCUT2D eigenvalue weighted by atomic mass is 9.94. The molecule has 1 fully saturated rings. The smallest absolute Gasteiger partial charge is 0.208 e. The molecule has 1 N–H and O–H groups in total. The summed E-state index contributed by atoms with van der Waals surface area (Å²) in [7, 11) is 0. The van der Waals surface area contributed by atoms with Gasteiger partial charge in [0.2, 0.25) is 5.13 Å². The molecule has 2 atom stereocenters. The van der Waals surface area contributed by atoms with Crippen molar-refractivity contribution in [2.24, 2.45) is 11.8 Å². The quantitative estimate of drug-likeness (QED) is 0.748. The van der Waals surface area contributed by atoms with Gasteiger partial charge >= 0.3 is 0 Å². The van der Waals surface area contributed by atoms with Crippen LogP contribution in [-0.2, 0) is 12.8 Å². The van der Waals surface area contributed by atoms with Crippen molar-refractivity contribution >= 4 is 27.4 Å². The van der Waals surface area contributed by atoms with Gasteiger partial charge < -0.3 is 10.0 Å². The van der Waals surface area contributed by atoms with Gasteiger partial charge in [0.15, 0.2) is 0 Å². The maximum absolute atomic E-state index is 10.6. The van der Waals surface area contributed by atoms with Gasteiger partial charge in [-0.25, -0.2) is 0 Å². The van der Waals surface area contributed by atoms with Crippen LogP contribution in [0, 0.1) is 11.8 Å². The summed E-state index contributed by atoms with van der Waals surface area (Å²) in [5, 5.41) is 22.5. The van der Waals surface area contributed by atoms with Crippen molar-refractivity contribution in [1.82, 2.24) is 15.2 Å². The zero-order valence-electron chi connectivity index (χ0n) is 15.2. The molecule has 0 radical (unpaired) electrons. The van der Waals surface area contributed by atoms with Gasteiger partial charge in [-0.3, -0.25) is 4.98 Å². The Kier molecular flexibility index (Phi) is 4.87. The molecule has 26 heavy (non-hydrogen) atoms. The third-order valence-corrected chi connectivity index (χ3v) is 5.94. The van der Waals surface area contributed by atoms with Crippen LogP contribution in [0.4, 0.5) is 5.13 Å². The molecule has 4 rings (SSSR count). The van der Waals surface area contributed by atoms with Crippen molar-refractivity contribution in [3.63, 3.8) is 0 Å². The lowest BCUT2D eigenvalue weighted by molar-refractivity contribution is 0.148. The van der Waals surface area contributed by atoms with E-state index in [1.165, 1.54) is 10.9 Å². The van der Waals surface area contributed by atoms with Gasteiger partial charge in [0, 0.05) is 37.0 Å². The van der Waals surface area contributed by atoms with E-state index >= 15 is 0 Å². The Morgan fingerprint density at radius 2 is 2.04 bits per heavy atom. The first-order valence-corrected chi connectivity index (χ1v) is 10.00. The maximum atomic E-state index is 10.6. The van der Waals surface area contributed by atoms with Gasteiger partial charge in [-0.1, -0.05) is 43.4 Å². The highest BCUT2D eigenvalue weighted by molar-refractivity contribution is 7.15. The Balaban J connectivity index is 1.49. The van der Waals surface area contributed by atoms with Crippen LogP contribution >= 0.6 is 11.3 Å². The highest BCUT2D eigenvalue weighted by atomic mass is 32.1. The molecule has 1 aliphatic heterocycles. The minimum Gasteiger partial charge on any atom is -0.391 e. The van der Waals surface area contributed by atoms with Gasteiger partial charge in [-0.15, -0.1) is 10.2 Å². The average molecular weight is 369 g/mol. The predicted molar refractivity (Wildman–Crippen MR) is 106 cm³/mol. The number of anilines is 1. The van der Waals surface area contributed by atoms with E-state index in [2.05, 4.69) is 46.1 Å². The van der Waals surface area contributed by atoms with Crippen LogP contribution in [0.15, 0.2) is 36.5 Å². The molecule has 0 amide bonds. The SMILES string of the molecule is CC(C)Cc1nnc(N2C[C@@H](Cc3ccnc4ccccc34)[C@H](O)C2)s1. The van der Waals surface area contributed by atoms with E-state index in [1.54, 1.807) is 11.3 Å².